The van der Waals surface area contributed by atoms with Crippen molar-refractivity contribution < 1.29 is 9.47 Å². The Hall–Kier alpha value is -1.13. The quantitative estimate of drug-likeness (QED) is 0.597. The summed E-state index contributed by atoms with van der Waals surface area (Å²) in [6, 6.07) is 12.0. The number of ether oxygens (including phenoxy) is 2. The third kappa shape index (κ3) is 5.43. The summed E-state index contributed by atoms with van der Waals surface area (Å²) in [5.74, 6) is 1.50. The van der Waals surface area contributed by atoms with Crippen LogP contribution in [0.3, 0.4) is 0 Å². The maximum Gasteiger partial charge on any atom is 0.166 e. The minimum atomic E-state index is 0. The minimum absolute atomic E-state index is 0. The number of para-hydroxylation sites is 1. The van der Waals surface area contributed by atoms with Crippen molar-refractivity contribution in [3.05, 3.63) is 57.6 Å². The lowest BCUT2D eigenvalue weighted by molar-refractivity contribution is 0.280. The van der Waals surface area contributed by atoms with E-state index < -0.39 is 0 Å². The molecule has 1 aliphatic carbocycles. The highest BCUT2D eigenvalue weighted by molar-refractivity contribution is 6.35. The van der Waals surface area contributed by atoms with Crippen LogP contribution >= 0.6 is 35.6 Å². The molecule has 0 bridgehead atoms. The summed E-state index contributed by atoms with van der Waals surface area (Å²) in [5.41, 5.74) is 1.99. The van der Waals surface area contributed by atoms with Gasteiger partial charge in [-0.2, -0.15) is 0 Å². The zero-order valence-electron chi connectivity index (χ0n) is 14.8. The largest absolute Gasteiger partial charge is 0.493 e. The maximum atomic E-state index is 6.25. The summed E-state index contributed by atoms with van der Waals surface area (Å²) in [4.78, 5) is 0. The zero-order chi connectivity index (χ0) is 17.6. The van der Waals surface area contributed by atoms with Crippen LogP contribution in [-0.4, -0.2) is 13.2 Å². The molecule has 0 heterocycles. The number of halogens is 3. The number of hydrogen-bond acceptors (Lipinski definition) is 3. The van der Waals surface area contributed by atoms with E-state index in [0.717, 1.165) is 29.2 Å². The van der Waals surface area contributed by atoms with Crippen LogP contribution in [0.5, 0.6) is 11.5 Å². The Morgan fingerprint density at radius 2 is 1.85 bits per heavy atom. The van der Waals surface area contributed by atoms with Gasteiger partial charge in [0.2, 0.25) is 0 Å². The van der Waals surface area contributed by atoms with Gasteiger partial charge in [-0.05, 0) is 31.0 Å². The summed E-state index contributed by atoms with van der Waals surface area (Å²) in [6.45, 7) is 1.14. The Morgan fingerprint density at radius 3 is 2.54 bits per heavy atom. The fourth-order valence-corrected chi connectivity index (χ4v) is 3.66. The predicted octanol–water partition coefficient (Wildman–Crippen LogP) is 6.04. The van der Waals surface area contributed by atoms with Crippen LogP contribution < -0.4 is 14.8 Å². The Balaban J connectivity index is 0.00000243. The molecule has 0 aromatic heterocycles. The molecule has 0 spiro atoms. The molecule has 2 aromatic rings. The van der Waals surface area contributed by atoms with Crippen LogP contribution in [0, 0.1) is 0 Å². The van der Waals surface area contributed by atoms with Crippen LogP contribution in [0.1, 0.15) is 36.8 Å². The molecule has 0 unspecified atom stereocenters. The first-order valence-corrected chi connectivity index (χ1v) is 9.39. The topological polar surface area (TPSA) is 30.5 Å². The lowest BCUT2D eigenvalue weighted by Crippen LogP contribution is -2.25. The van der Waals surface area contributed by atoms with Gasteiger partial charge in [0.25, 0.3) is 0 Å². The van der Waals surface area contributed by atoms with Gasteiger partial charge in [0.15, 0.2) is 11.5 Å². The van der Waals surface area contributed by atoms with Crippen LogP contribution in [0.2, 0.25) is 10.0 Å². The summed E-state index contributed by atoms with van der Waals surface area (Å²) >= 11 is 12.2. The Bertz CT molecular complexity index is 718. The molecule has 0 amide bonds. The van der Waals surface area contributed by atoms with E-state index in [1.165, 1.54) is 25.7 Å². The normalized spacial score (nSPS) is 14.1. The first-order valence-electron chi connectivity index (χ1n) is 8.63. The molecule has 3 nitrogen and oxygen atoms in total. The van der Waals surface area contributed by atoms with Crippen molar-refractivity contribution in [2.75, 3.05) is 7.11 Å². The molecule has 1 saturated carbocycles. The monoisotopic (exact) mass is 415 g/mol. The molecule has 3 rings (SSSR count). The third-order valence-corrected chi connectivity index (χ3v) is 5.19. The number of benzene rings is 2. The van der Waals surface area contributed by atoms with Gasteiger partial charge < -0.3 is 14.8 Å². The van der Waals surface area contributed by atoms with Crippen LogP contribution in [0.15, 0.2) is 36.4 Å². The molecule has 1 N–H and O–H groups in total. The second-order valence-electron chi connectivity index (χ2n) is 6.34. The standard InChI is InChI=1S/C20H23Cl2NO2.ClH/c1-24-19-8-4-5-14(12-23-17-6-2-3-7-17)20(19)25-13-15-9-10-16(21)11-18(15)22;/h4-5,8-11,17,23H,2-3,6-7,12-13H2,1H3;1H. The van der Waals surface area contributed by atoms with Gasteiger partial charge in [0.1, 0.15) is 6.61 Å². The third-order valence-electron chi connectivity index (χ3n) is 4.60. The molecule has 1 fully saturated rings. The van der Waals surface area contributed by atoms with Gasteiger partial charge in [-0.25, -0.2) is 0 Å². The lowest BCUT2D eigenvalue weighted by atomic mass is 10.1. The van der Waals surface area contributed by atoms with Crippen molar-refractivity contribution in [3.63, 3.8) is 0 Å². The number of hydrogen-bond donors (Lipinski definition) is 1. The highest BCUT2D eigenvalue weighted by atomic mass is 35.5. The summed E-state index contributed by atoms with van der Waals surface area (Å²) < 4.78 is 11.6. The molecule has 0 aliphatic heterocycles. The van der Waals surface area contributed by atoms with Crippen LogP contribution in [-0.2, 0) is 13.2 Å². The SMILES string of the molecule is COc1cccc(CNC2CCCC2)c1OCc1ccc(Cl)cc1Cl.Cl. The second-order valence-corrected chi connectivity index (χ2v) is 7.18. The molecule has 142 valence electrons. The highest BCUT2D eigenvalue weighted by Gasteiger charge is 2.17. The summed E-state index contributed by atoms with van der Waals surface area (Å²) in [5, 5.41) is 4.85. The fraction of sp³-hybridized carbons (Fsp3) is 0.400. The van der Waals surface area contributed by atoms with E-state index in [0.29, 0.717) is 22.7 Å². The van der Waals surface area contributed by atoms with Crippen molar-refractivity contribution in [2.24, 2.45) is 0 Å². The number of rotatable bonds is 7. The predicted molar refractivity (Wildman–Crippen MR) is 110 cm³/mol. The van der Waals surface area contributed by atoms with Crippen molar-refractivity contribution in [1.29, 1.82) is 0 Å². The van der Waals surface area contributed by atoms with Gasteiger partial charge in [-0.3, -0.25) is 0 Å². The molecular weight excluding hydrogens is 393 g/mol. The molecule has 1 aliphatic rings. The molecule has 0 radical (unpaired) electrons. The van der Waals surface area contributed by atoms with Gasteiger partial charge >= 0.3 is 0 Å². The average molecular weight is 417 g/mol. The summed E-state index contributed by atoms with van der Waals surface area (Å²) in [7, 11) is 1.66. The molecule has 0 atom stereocenters. The van der Waals surface area contributed by atoms with Gasteiger partial charge in [-0.15, -0.1) is 12.4 Å². The second kappa shape index (κ2) is 10.3. The van der Waals surface area contributed by atoms with Crippen LogP contribution in [0.25, 0.3) is 0 Å². The molecule has 26 heavy (non-hydrogen) atoms. The van der Waals surface area contributed by atoms with E-state index in [4.69, 9.17) is 32.7 Å². The smallest absolute Gasteiger partial charge is 0.166 e. The Kier molecular flexibility index (Phi) is 8.36. The Labute approximate surface area is 171 Å². The first-order chi connectivity index (χ1) is 12.2. The number of methoxy groups -OCH3 is 1. The maximum absolute atomic E-state index is 6.25. The molecular formula is C20H24Cl3NO2. The Morgan fingerprint density at radius 1 is 1.08 bits per heavy atom. The number of nitrogens with one attached hydrogen (secondary N) is 1. The van der Waals surface area contributed by atoms with Gasteiger partial charge in [-0.1, -0.05) is 54.2 Å². The van der Waals surface area contributed by atoms with Crippen molar-refractivity contribution >= 4 is 35.6 Å². The van der Waals surface area contributed by atoms with Crippen LogP contribution in [0.4, 0.5) is 0 Å². The van der Waals surface area contributed by atoms with Crippen molar-refractivity contribution in [2.45, 2.75) is 44.9 Å². The van der Waals surface area contributed by atoms with Crippen molar-refractivity contribution in [1.82, 2.24) is 5.32 Å². The fourth-order valence-electron chi connectivity index (χ4n) is 3.20. The van der Waals surface area contributed by atoms with Gasteiger partial charge in [0.05, 0.1) is 7.11 Å². The van der Waals surface area contributed by atoms with E-state index in [2.05, 4.69) is 11.4 Å². The summed E-state index contributed by atoms with van der Waals surface area (Å²) in [6.07, 6.45) is 5.13. The van der Waals surface area contributed by atoms with E-state index >= 15 is 0 Å². The lowest BCUT2D eigenvalue weighted by Gasteiger charge is -2.18. The molecule has 0 saturated heterocycles. The zero-order valence-corrected chi connectivity index (χ0v) is 17.1. The van der Waals surface area contributed by atoms with E-state index in [9.17, 15) is 0 Å². The average Bonchev–Trinajstić information content (AvgIpc) is 3.13. The van der Waals surface area contributed by atoms with Gasteiger partial charge in [0, 0.05) is 33.8 Å². The highest BCUT2D eigenvalue weighted by Crippen LogP contribution is 2.33. The van der Waals surface area contributed by atoms with E-state index in [-0.39, 0.29) is 12.4 Å². The minimum Gasteiger partial charge on any atom is -0.493 e. The molecule has 6 heteroatoms. The van der Waals surface area contributed by atoms with Crippen molar-refractivity contribution in [3.8, 4) is 11.5 Å². The van der Waals surface area contributed by atoms with E-state index in [1.807, 2.05) is 24.3 Å². The first kappa shape index (κ1) is 21.2. The van der Waals surface area contributed by atoms with E-state index in [1.54, 1.807) is 13.2 Å². The molecule has 2 aromatic carbocycles.